The molecule has 5 nitrogen and oxygen atoms in total. The topological polar surface area (TPSA) is 69.7 Å². The van der Waals surface area contributed by atoms with E-state index in [2.05, 4.69) is 6.58 Å². The van der Waals surface area contributed by atoms with Gasteiger partial charge in [0.25, 0.3) is 0 Å². The zero-order valence-electron chi connectivity index (χ0n) is 13.1. The number of rotatable bonds is 5. The summed E-state index contributed by atoms with van der Waals surface area (Å²) in [6, 6.07) is 0. The van der Waals surface area contributed by atoms with Gasteiger partial charge in [-0.2, -0.15) is 0 Å². The monoisotopic (exact) mass is 284 g/mol. The number of carbonyl (C=O) groups is 3. The first-order chi connectivity index (χ1) is 8.93. The molecule has 0 fully saturated rings. The van der Waals surface area contributed by atoms with Crippen LogP contribution in [0.5, 0.6) is 0 Å². The Bertz CT molecular complexity index is 346. The van der Waals surface area contributed by atoms with Crippen LogP contribution < -0.4 is 0 Å². The van der Waals surface area contributed by atoms with E-state index in [1.807, 2.05) is 0 Å². The van der Waals surface area contributed by atoms with Gasteiger partial charge in [0.15, 0.2) is 18.5 Å². The van der Waals surface area contributed by atoms with E-state index < -0.39 is 35.0 Å². The van der Waals surface area contributed by atoms with Crippen molar-refractivity contribution in [1.29, 1.82) is 0 Å². The third-order valence-electron chi connectivity index (χ3n) is 2.40. The zero-order chi connectivity index (χ0) is 16.1. The van der Waals surface area contributed by atoms with E-state index in [1.54, 1.807) is 41.5 Å². The quantitative estimate of drug-likeness (QED) is 0.440. The van der Waals surface area contributed by atoms with E-state index in [0.717, 1.165) is 0 Å². The maximum absolute atomic E-state index is 11.8. The third kappa shape index (κ3) is 5.55. The molecule has 2 atom stereocenters. The second-order valence-corrected chi connectivity index (χ2v) is 6.61. The Balaban J connectivity index is 4.93. The average Bonchev–Trinajstić information content (AvgIpc) is 2.30. The molecule has 0 spiro atoms. The minimum atomic E-state index is -1.19. The fourth-order valence-corrected chi connectivity index (χ4v) is 1.02. The summed E-state index contributed by atoms with van der Waals surface area (Å²) in [5, 5.41) is 0. The predicted octanol–water partition coefficient (Wildman–Crippen LogP) is 2.29. The molecule has 0 radical (unpaired) electrons. The third-order valence-corrected chi connectivity index (χ3v) is 2.40. The number of esters is 2. The van der Waals surface area contributed by atoms with Gasteiger partial charge < -0.3 is 9.47 Å². The first-order valence-electron chi connectivity index (χ1n) is 6.43. The van der Waals surface area contributed by atoms with Gasteiger partial charge in [0.05, 0.1) is 10.8 Å². The highest BCUT2D eigenvalue weighted by Gasteiger charge is 2.33. The van der Waals surface area contributed by atoms with Crippen molar-refractivity contribution in [2.45, 2.75) is 53.8 Å². The molecule has 0 bridgehead atoms. The summed E-state index contributed by atoms with van der Waals surface area (Å²) < 4.78 is 10.2. The molecule has 0 heterocycles. The molecule has 0 aromatic rings. The highest BCUT2D eigenvalue weighted by atomic mass is 16.6. The van der Waals surface area contributed by atoms with Crippen molar-refractivity contribution >= 4 is 18.2 Å². The molecule has 0 aromatic heterocycles. The fraction of sp³-hybridized carbons (Fsp3) is 0.667. The Morgan fingerprint density at radius 2 is 1.25 bits per heavy atom. The first-order valence-corrected chi connectivity index (χ1v) is 6.43. The second-order valence-electron chi connectivity index (χ2n) is 6.61. The van der Waals surface area contributed by atoms with Crippen LogP contribution in [0.3, 0.4) is 0 Å². The Morgan fingerprint density at radius 1 is 0.900 bits per heavy atom. The van der Waals surface area contributed by atoms with Gasteiger partial charge >= 0.3 is 11.9 Å². The summed E-state index contributed by atoms with van der Waals surface area (Å²) in [4.78, 5) is 34.7. The van der Waals surface area contributed by atoms with E-state index >= 15 is 0 Å². The van der Waals surface area contributed by atoms with Crippen molar-refractivity contribution < 1.29 is 23.9 Å². The van der Waals surface area contributed by atoms with Crippen LogP contribution in [-0.4, -0.2) is 30.4 Å². The van der Waals surface area contributed by atoms with Crippen molar-refractivity contribution in [2.75, 3.05) is 0 Å². The highest BCUT2D eigenvalue weighted by Crippen LogP contribution is 2.20. The van der Waals surface area contributed by atoms with Gasteiger partial charge in [0.2, 0.25) is 0 Å². The van der Waals surface area contributed by atoms with Gasteiger partial charge in [-0.15, -0.1) is 0 Å². The number of aldehydes is 1. The van der Waals surface area contributed by atoms with Crippen molar-refractivity contribution in [2.24, 2.45) is 10.8 Å². The van der Waals surface area contributed by atoms with Gasteiger partial charge in [-0.1, -0.05) is 6.58 Å². The standard InChI is InChI=1S/C15H24O5/c1-8-10(19-12(17)14(2,3)4)11(9-16)20-13(18)15(5,6)7/h8-11H,1H2,2-7H3/t10-,11-/m0/s1. The molecular weight excluding hydrogens is 260 g/mol. The van der Waals surface area contributed by atoms with Crippen molar-refractivity contribution in [3.63, 3.8) is 0 Å². The molecule has 5 heteroatoms. The van der Waals surface area contributed by atoms with Gasteiger partial charge in [-0.25, -0.2) is 0 Å². The molecule has 0 aliphatic carbocycles. The maximum atomic E-state index is 11.8. The van der Waals surface area contributed by atoms with Crippen LogP contribution in [0.2, 0.25) is 0 Å². The summed E-state index contributed by atoms with van der Waals surface area (Å²) >= 11 is 0. The first kappa shape index (κ1) is 18.4. The van der Waals surface area contributed by atoms with Gasteiger partial charge in [-0.3, -0.25) is 14.4 Å². The lowest BCUT2D eigenvalue weighted by molar-refractivity contribution is -0.174. The Morgan fingerprint density at radius 3 is 1.50 bits per heavy atom. The smallest absolute Gasteiger partial charge is 0.312 e. The molecule has 0 unspecified atom stereocenters. The number of hydrogen-bond donors (Lipinski definition) is 0. The fourth-order valence-electron chi connectivity index (χ4n) is 1.02. The van der Waals surface area contributed by atoms with Crippen molar-refractivity contribution in [3.8, 4) is 0 Å². The second kappa shape index (κ2) is 6.68. The molecule has 0 amide bonds. The molecular formula is C15H24O5. The molecule has 0 aliphatic rings. The van der Waals surface area contributed by atoms with E-state index in [4.69, 9.17) is 9.47 Å². The van der Waals surface area contributed by atoms with Crippen LogP contribution in [0.4, 0.5) is 0 Å². The molecule has 20 heavy (non-hydrogen) atoms. The van der Waals surface area contributed by atoms with E-state index in [0.29, 0.717) is 6.29 Å². The Kier molecular flexibility index (Phi) is 6.13. The average molecular weight is 284 g/mol. The van der Waals surface area contributed by atoms with Crippen molar-refractivity contribution in [1.82, 2.24) is 0 Å². The maximum Gasteiger partial charge on any atom is 0.312 e. The molecule has 114 valence electrons. The lowest BCUT2D eigenvalue weighted by Crippen LogP contribution is -2.40. The molecule has 0 saturated heterocycles. The summed E-state index contributed by atoms with van der Waals surface area (Å²) in [6.07, 6.45) is -0.471. The van der Waals surface area contributed by atoms with E-state index in [-0.39, 0.29) is 0 Å². The zero-order valence-corrected chi connectivity index (χ0v) is 13.1. The molecule has 0 aliphatic heterocycles. The van der Waals surface area contributed by atoms with Gasteiger partial charge in [0, 0.05) is 0 Å². The summed E-state index contributed by atoms with van der Waals surface area (Å²) in [6.45, 7) is 13.6. The molecule has 0 saturated carbocycles. The summed E-state index contributed by atoms with van der Waals surface area (Å²) in [5.74, 6) is -1.05. The molecule has 0 aromatic carbocycles. The van der Waals surface area contributed by atoms with Gasteiger partial charge in [0.1, 0.15) is 0 Å². The van der Waals surface area contributed by atoms with Crippen LogP contribution in [0.25, 0.3) is 0 Å². The number of ether oxygens (including phenoxy) is 2. The largest absolute Gasteiger partial charge is 0.453 e. The Hall–Kier alpha value is -1.65. The minimum Gasteiger partial charge on any atom is -0.453 e. The SMILES string of the molecule is C=C[C@H](OC(=O)C(C)(C)C)[C@H](C=O)OC(=O)C(C)(C)C. The number of hydrogen-bond acceptors (Lipinski definition) is 5. The number of carbonyl (C=O) groups excluding carboxylic acids is 3. The highest BCUT2D eigenvalue weighted by molar-refractivity contribution is 5.79. The van der Waals surface area contributed by atoms with Crippen LogP contribution in [0, 0.1) is 10.8 Å². The lowest BCUT2D eigenvalue weighted by atomic mass is 9.97. The predicted molar refractivity (Wildman–Crippen MR) is 74.9 cm³/mol. The van der Waals surface area contributed by atoms with Gasteiger partial charge in [-0.05, 0) is 47.6 Å². The van der Waals surface area contributed by atoms with E-state index in [9.17, 15) is 14.4 Å². The molecule has 0 rings (SSSR count). The summed E-state index contributed by atoms with van der Waals surface area (Å²) in [5.41, 5.74) is -1.47. The van der Waals surface area contributed by atoms with Crippen LogP contribution >= 0.6 is 0 Å². The summed E-state index contributed by atoms with van der Waals surface area (Å²) in [7, 11) is 0. The lowest BCUT2D eigenvalue weighted by Gasteiger charge is -2.26. The van der Waals surface area contributed by atoms with E-state index in [1.165, 1.54) is 6.08 Å². The van der Waals surface area contributed by atoms with Crippen molar-refractivity contribution in [3.05, 3.63) is 12.7 Å². The normalized spacial score (nSPS) is 14.9. The Labute approximate surface area is 120 Å². The van der Waals surface area contributed by atoms with Crippen LogP contribution in [-0.2, 0) is 23.9 Å². The molecule has 0 N–H and O–H groups in total. The van der Waals surface area contributed by atoms with Crippen LogP contribution in [0.1, 0.15) is 41.5 Å². The minimum absolute atomic E-state index is 0.436. The van der Waals surface area contributed by atoms with Crippen LogP contribution in [0.15, 0.2) is 12.7 Å².